The SMILES string of the molecule is C[C@@H]1[C@@H](C#N)CCCN1C(=O)OC(C)(C)C. The molecule has 1 aliphatic rings. The molecular formula is C12H20N2O2. The van der Waals surface area contributed by atoms with Gasteiger partial charge in [0.2, 0.25) is 0 Å². The second kappa shape index (κ2) is 4.73. The van der Waals surface area contributed by atoms with E-state index in [0.717, 1.165) is 12.8 Å². The van der Waals surface area contributed by atoms with Crippen molar-refractivity contribution in [2.24, 2.45) is 5.92 Å². The summed E-state index contributed by atoms with van der Waals surface area (Å²) in [6, 6.07) is 2.20. The van der Waals surface area contributed by atoms with Crippen LogP contribution in [0.4, 0.5) is 4.79 Å². The summed E-state index contributed by atoms with van der Waals surface area (Å²) in [6.45, 7) is 8.15. The van der Waals surface area contributed by atoms with Gasteiger partial charge >= 0.3 is 6.09 Å². The van der Waals surface area contributed by atoms with Crippen LogP contribution in [0, 0.1) is 17.2 Å². The van der Waals surface area contributed by atoms with Crippen LogP contribution < -0.4 is 0 Å². The third kappa shape index (κ3) is 3.13. The molecule has 0 aromatic heterocycles. The van der Waals surface area contributed by atoms with Crippen molar-refractivity contribution >= 4 is 6.09 Å². The van der Waals surface area contributed by atoms with Gasteiger partial charge in [-0.15, -0.1) is 0 Å². The number of likely N-dealkylation sites (tertiary alicyclic amines) is 1. The Hall–Kier alpha value is -1.24. The Morgan fingerprint density at radius 3 is 2.62 bits per heavy atom. The van der Waals surface area contributed by atoms with Crippen LogP contribution in [0.2, 0.25) is 0 Å². The first-order valence-electron chi connectivity index (χ1n) is 5.74. The smallest absolute Gasteiger partial charge is 0.410 e. The van der Waals surface area contributed by atoms with Gasteiger partial charge in [-0.1, -0.05) is 0 Å². The van der Waals surface area contributed by atoms with Crippen molar-refractivity contribution in [3.63, 3.8) is 0 Å². The normalized spacial score (nSPS) is 26.1. The van der Waals surface area contributed by atoms with E-state index in [1.165, 1.54) is 0 Å². The highest BCUT2D eigenvalue weighted by atomic mass is 16.6. The van der Waals surface area contributed by atoms with Crippen molar-refractivity contribution < 1.29 is 9.53 Å². The molecule has 0 N–H and O–H groups in total. The highest BCUT2D eigenvalue weighted by Crippen LogP contribution is 2.24. The number of nitriles is 1. The number of carbonyl (C=O) groups excluding carboxylic acids is 1. The number of carbonyl (C=O) groups is 1. The van der Waals surface area contributed by atoms with Gasteiger partial charge in [-0.25, -0.2) is 4.79 Å². The lowest BCUT2D eigenvalue weighted by Gasteiger charge is -2.37. The fourth-order valence-corrected chi connectivity index (χ4v) is 1.89. The second-order valence-electron chi connectivity index (χ2n) is 5.29. The minimum absolute atomic E-state index is 0.0476. The van der Waals surface area contributed by atoms with E-state index in [9.17, 15) is 4.79 Å². The highest BCUT2D eigenvalue weighted by molar-refractivity contribution is 5.68. The number of hydrogen-bond acceptors (Lipinski definition) is 3. The summed E-state index contributed by atoms with van der Waals surface area (Å²) in [6.07, 6.45) is 1.44. The lowest BCUT2D eigenvalue weighted by molar-refractivity contribution is 0.00736. The molecule has 1 rings (SSSR count). The Kier molecular flexibility index (Phi) is 3.79. The first-order valence-corrected chi connectivity index (χ1v) is 5.74. The monoisotopic (exact) mass is 224 g/mol. The number of hydrogen-bond donors (Lipinski definition) is 0. The maximum atomic E-state index is 11.9. The molecule has 1 saturated heterocycles. The van der Waals surface area contributed by atoms with Crippen LogP contribution >= 0.6 is 0 Å². The molecule has 16 heavy (non-hydrogen) atoms. The molecule has 0 bridgehead atoms. The molecule has 0 unspecified atom stereocenters. The van der Waals surface area contributed by atoms with Gasteiger partial charge in [-0.05, 0) is 40.5 Å². The zero-order chi connectivity index (χ0) is 12.3. The lowest BCUT2D eigenvalue weighted by Crippen LogP contribution is -2.48. The van der Waals surface area contributed by atoms with E-state index in [-0.39, 0.29) is 18.1 Å². The summed E-state index contributed by atoms with van der Waals surface area (Å²) in [7, 11) is 0. The van der Waals surface area contributed by atoms with Crippen molar-refractivity contribution in [3.8, 4) is 6.07 Å². The minimum atomic E-state index is -0.476. The van der Waals surface area contributed by atoms with Crippen molar-refractivity contribution in [2.75, 3.05) is 6.54 Å². The summed E-state index contributed by atoms with van der Waals surface area (Å²) in [5.41, 5.74) is -0.476. The van der Waals surface area contributed by atoms with Crippen molar-refractivity contribution in [2.45, 2.75) is 52.2 Å². The quantitative estimate of drug-likeness (QED) is 0.635. The third-order valence-corrected chi connectivity index (χ3v) is 2.78. The number of ether oxygens (including phenoxy) is 1. The van der Waals surface area contributed by atoms with Gasteiger partial charge in [0.25, 0.3) is 0 Å². The van der Waals surface area contributed by atoms with Crippen LogP contribution in [0.1, 0.15) is 40.5 Å². The van der Waals surface area contributed by atoms with Crippen molar-refractivity contribution in [3.05, 3.63) is 0 Å². The van der Waals surface area contributed by atoms with E-state index in [1.54, 1.807) is 4.90 Å². The molecule has 0 aromatic carbocycles. The minimum Gasteiger partial charge on any atom is -0.444 e. The average Bonchev–Trinajstić information content (AvgIpc) is 2.15. The number of rotatable bonds is 0. The molecule has 90 valence electrons. The Balaban J connectivity index is 2.66. The Bertz CT molecular complexity index is 301. The van der Waals surface area contributed by atoms with E-state index >= 15 is 0 Å². The van der Waals surface area contributed by atoms with E-state index in [2.05, 4.69) is 6.07 Å². The van der Waals surface area contributed by atoms with E-state index in [1.807, 2.05) is 27.7 Å². The largest absolute Gasteiger partial charge is 0.444 e. The van der Waals surface area contributed by atoms with Gasteiger partial charge in [0.15, 0.2) is 0 Å². The van der Waals surface area contributed by atoms with Crippen LogP contribution in [-0.4, -0.2) is 29.2 Å². The number of amides is 1. The van der Waals surface area contributed by atoms with Crippen LogP contribution in [0.5, 0.6) is 0 Å². The van der Waals surface area contributed by atoms with Crippen molar-refractivity contribution in [1.29, 1.82) is 5.26 Å². The fraction of sp³-hybridized carbons (Fsp3) is 0.833. The molecule has 0 aromatic rings. The summed E-state index contributed by atoms with van der Waals surface area (Å²) < 4.78 is 5.32. The topological polar surface area (TPSA) is 53.3 Å². The van der Waals surface area contributed by atoms with Gasteiger partial charge < -0.3 is 9.64 Å². The zero-order valence-electron chi connectivity index (χ0n) is 10.5. The molecule has 1 heterocycles. The highest BCUT2D eigenvalue weighted by Gasteiger charge is 2.33. The molecule has 1 fully saturated rings. The van der Waals surface area contributed by atoms with Crippen LogP contribution in [0.25, 0.3) is 0 Å². The molecule has 1 aliphatic heterocycles. The van der Waals surface area contributed by atoms with Crippen LogP contribution in [0.3, 0.4) is 0 Å². The van der Waals surface area contributed by atoms with Gasteiger partial charge in [0, 0.05) is 12.6 Å². The summed E-state index contributed by atoms with van der Waals surface area (Å²) >= 11 is 0. The van der Waals surface area contributed by atoms with Crippen LogP contribution in [-0.2, 0) is 4.74 Å². The van der Waals surface area contributed by atoms with Gasteiger partial charge in [0.05, 0.1) is 12.0 Å². The Morgan fingerprint density at radius 1 is 1.50 bits per heavy atom. The Morgan fingerprint density at radius 2 is 2.12 bits per heavy atom. The molecule has 2 atom stereocenters. The maximum absolute atomic E-state index is 11.9. The molecule has 0 saturated carbocycles. The first kappa shape index (κ1) is 12.8. The standard InChI is InChI=1S/C12H20N2O2/c1-9-10(8-13)6-5-7-14(9)11(15)16-12(2,3)4/h9-10H,5-7H2,1-4H3/t9-,10-/m1/s1. The summed E-state index contributed by atoms with van der Waals surface area (Å²) in [4.78, 5) is 13.5. The average molecular weight is 224 g/mol. The molecule has 4 heteroatoms. The van der Waals surface area contributed by atoms with Gasteiger partial charge in [-0.3, -0.25) is 0 Å². The molecular weight excluding hydrogens is 204 g/mol. The summed E-state index contributed by atoms with van der Waals surface area (Å²) in [5, 5.41) is 8.96. The second-order valence-corrected chi connectivity index (χ2v) is 5.29. The maximum Gasteiger partial charge on any atom is 0.410 e. The molecule has 0 spiro atoms. The molecule has 0 radical (unpaired) electrons. The van der Waals surface area contributed by atoms with Gasteiger partial charge in [0.1, 0.15) is 5.60 Å². The number of piperidine rings is 1. The van der Waals surface area contributed by atoms with E-state index < -0.39 is 5.60 Å². The fourth-order valence-electron chi connectivity index (χ4n) is 1.89. The molecule has 1 amide bonds. The summed E-state index contributed by atoms with van der Waals surface area (Å²) in [5.74, 6) is -0.0683. The third-order valence-electron chi connectivity index (χ3n) is 2.78. The predicted octanol–water partition coefficient (Wildman–Crippen LogP) is 2.55. The first-order chi connectivity index (χ1) is 7.35. The van der Waals surface area contributed by atoms with E-state index in [4.69, 9.17) is 10.00 Å². The Labute approximate surface area is 97.2 Å². The van der Waals surface area contributed by atoms with E-state index in [0.29, 0.717) is 6.54 Å². The van der Waals surface area contributed by atoms with Crippen molar-refractivity contribution in [1.82, 2.24) is 4.90 Å². The lowest BCUT2D eigenvalue weighted by atomic mass is 9.92. The molecule has 4 nitrogen and oxygen atoms in total. The predicted molar refractivity (Wildman–Crippen MR) is 60.7 cm³/mol. The number of nitrogens with zero attached hydrogens (tertiary/aromatic N) is 2. The molecule has 0 aliphatic carbocycles. The van der Waals surface area contributed by atoms with Crippen LogP contribution in [0.15, 0.2) is 0 Å². The zero-order valence-corrected chi connectivity index (χ0v) is 10.5. The van der Waals surface area contributed by atoms with Gasteiger partial charge in [-0.2, -0.15) is 5.26 Å².